The second-order valence-electron chi connectivity index (χ2n) is 5.55. The number of ether oxygens (including phenoxy) is 1. The highest BCUT2D eigenvalue weighted by Crippen LogP contribution is 2.39. The maximum atomic E-state index is 12.2. The molecular weight excluding hydrogens is 250 g/mol. The Morgan fingerprint density at radius 2 is 2.00 bits per heavy atom. The van der Waals surface area contributed by atoms with Crippen LogP contribution in [0, 0.1) is 0 Å². The molecular formula is C17H21NO2. The summed E-state index contributed by atoms with van der Waals surface area (Å²) in [6.07, 6.45) is 5.88. The summed E-state index contributed by atoms with van der Waals surface area (Å²) < 4.78 is 5.56. The van der Waals surface area contributed by atoms with E-state index < -0.39 is 0 Å². The predicted molar refractivity (Wildman–Crippen MR) is 78.2 cm³/mol. The van der Waals surface area contributed by atoms with Crippen molar-refractivity contribution in [2.45, 2.75) is 37.6 Å². The summed E-state index contributed by atoms with van der Waals surface area (Å²) >= 11 is 0. The first-order valence-electron chi connectivity index (χ1n) is 7.39. The molecule has 3 heteroatoms. The molecule has 1 fully saturated rings. The molecule has 0 aromatic heterocycles. The number of methoxy groups -OCH3 is 1. The highest BCUT2D eigenvalue weighted by molar-refractivity contribution is 5.77. The zero-order valence-corrected chi connectivity index (χ0v) is 11.9. The van der Waals surface area contributed by atoms with Gasteiger partial charge in [0.05, 0.1) is 13.0 Å². The van der Waals surface area contributed by atoms with Gasteiger partial charge in [0.15, 0.2) is 0 Å². The fraction of sp³-hybridized carbons (Fsp3) is 0.471. The standard InChI is InChI=1S/C17H21NO2/c1-20-15-11-10-14(18-12-6-5-9-16(18)19)17(15)13-7-3-2-4-8-13/h2-4,7-8,11,14,17H,5-6,9-10,12H2,1H3/t14-,17+/m0/s1. The Labute approximate surface area is 120 Å². The van der Waals surface area contributed by atoms with Crippen molar-refractivity contribution in [1.82, 2.24) is 4.90 Å². The van der Waals surface area contributed by atoms with Crippen LogP contribution in [0.5, 0.6) is 0 Å². The second-order valence-corrected chi connectivity index (χ2v) is 5.55. The molecule has 3 rings (SSSR count). The monoisotopic (exact) mass is 271 g/mol. The number of hydrogen-bond donors (Lipinski definition) is 0. The molecule has 106 valence electrons. The van der Waals surface area contributed by atoms with Crippen LogP contribution in [-0.2, 0) is 9.53 Å². The van der Waals surface area contributed by atoms with Crippen LogP contribution in [0.15, 0.2) is 42.2 Å². The number of rotatable bonds is 3. The Morgan fingerprint density at radius 3 is 2.70 bits per heavy atom. The van der Waals surface area contributed by atoms with Crippen molar-refractivity contribution >= 4 is 5.91 Å². The summed E-state index contributed by atoms with van der Waals surface area (Å²) in [5.41, 5.74) is 1.24. The smallest absolute Gasteiger partial charge is 0.222 e. The molecule has 20 heavy (non-hydrogen) atoms. The van der Waals surface area contributed by atoms with E-state index in [-0.39, 0.29) is 12.0 Å². The van der Waals surface area contributed by atoms with Gasteiger partial charge in [0.1, 0.15) is 5.76 Å². The first-order chi connectivity index (χ1) is 9.81. The van der Waals surface area contributed by atoms with Crippen LogP contribution in [0.4, 0.5) is 0 Å². The minimum absolute atomic E-state index is 0.184. The summed E-state index contributed by atoms with van der Waals surface area (Å²) in [7, 11) is 1.72. The average Bonchev–Trinajstić information content (AvgIpc) is 2.92. The summed E-state index contributed by atoms with van der Waals surface area (Å²) in [6, 6.07) is 10.6. The highest BCUT2D eigenvalue weighted by atomic mass is 16.5. The van der Waals surface area contributed by atoms with Crippen molar-refractivity contribution in [3.63, 3.8) is 0 Å². The van der Waals surface area contributed by atoms with Crippen LogP contribution in [-0.4, -0.2) is 30.5 Å². The largest absolute Gasteiger partial charge is 0.501 e. The average molecular weight is 271 g/mol. The van der Waals surface area contributed by atoms with E-state index in [2.05, 4.69) is 35.2 Å². The van der Waals surface area contributed by atoms with Gasteiger partial charge in [-0.1, -0.05) is 30.3 Å². The molecule has 1 amide bonds. The molecule has 1 saturated heterocycles. The van der Waals surface area contributed by atoms with Gasteiger partial charge in [-0.25, -0.2) is 0 Å². The maximum Gasteiger partial charge on any atom is 0.222 e. The Balaban J connectivity index is 1.89. The van der Waals surface area contributed by atoms with Gasteiger partial charge in [-0.3, -0.25) is 4.79 Å². The number of hydrogen-bond acceptors (Lipinski definition) is 2. The van der Waals surface area contributed by atoms with E-state index in [9.17, 15) is 4.79 Å². The molecule has 0 saturated carbocycles. The minimum Gasteiger partial charge on any atom is -0.501 e. The quantitative estimate of drug-likeness (QED) is 0.845. The molecule has 3 nitrogen and oxygen atoms in total. The number of carbonyl (C=O) groups is 1. The first-order valence-corrected chi connectivity index (χ1v) is 7.39. The van der Waals surface area contributed by atoms with Gasteiger partial charge in [-0.2, -0.15) is 0 Å². The summed E-state index contributed by atoms with van der Waals surface area (Å²) in [5.74, 6) is 1.48. The molecule has 1 aromatic rings. The molecule has 1 aliphatic heterocycles. The third-order valence-corrected chi connectivity index (χ3v) is 4.41. The molecule has 1 aliphatic carbocycles. The van der Waals surface area contributed by atoms with Crippen LogP contribution >= 0.6 is 0 Å². The van der Waals surface area contributed by atoms with Crippen molar-refractivity contribution in [3.8, 4) is 0 Å². The lowest BCUT2D eigenvalue weighted by Gasteiger charge is -2.36. The zero-order chi connectivity index (χ0) is 13.9. The molecule has 1 heterocycles. The van der Waals surface area contributed by atoms with E-state index in [0.29, 0.717) is 12.3 Å². The topological polar surface area (TPSA) is 29.5 Å². The third kappa shape index (κ3) is 2.33. The number of amides is 1. The van der Waals surface area contributed by atoms with E-state index in [1.807, 2.05) is 6.07 Å². The molecule has 0 unspecified atom stereocenters. The van der Waals surface area contributed by atoms with Gasteiger partial charge < -0.3 is 9.64 Å². The lowest BCUT2D eigenvalue weighted by atomic mass is 9.91. The molecule has 0 bridgehead atoms. The summed E-state index contributed by atoms with van der Waals surface area (Å²) in [6.45, 7) is 0.887. The van der Waals surface area contributed by atoms with Crippen molar-refractivity contribution in [1.29, 1.82) is 0 Å². The summed E-state index contributed by atoms with van der Waals surface area (Å²) in [4.78, 5) is 14.3. The number of nitrogens with zero attached hydrogens (tertiary/aromatic N) is 1. The van der Waals surface area contributed by atoms with Crippen molar-refractivity contribution < 1.29 is 9.53 Å². The van der Waals surface area contributed by atoms with E-state index in [1.165, 1.54) is 5.56 Å². The fourth-order valence-corrected chi connectivity index (χ4v) is 3.43. The minimum atomic E-state index is 0.184. The first kappa shape index (κ1) is 13.2. The lowest BCUT2D eigenvalue weighted by Crippen LogP contribution is -2.45. The van der Waals surface area contributed by atoms with Gasteiger partial charge in [0.25, 0.3) is 0 Å². The number of likely N-dealkylation sites (tertiary alicyclic amines) is 1. The van der Waals surface area contributed by atoms with Crippen LogP contribution in [0.1, 0.15) is 37.2 Å². The normalized spacial score (nSPS) is 26.6. The van der Waals surface area contributed by atoms with E-state index in [0.717, 1.165) is 31.6 Å². The predicted octanol–water partition coefficient (Wildman–Crippen LogP) is 3.09. The second kappa shape index (κ2) is 5.70. The van der Waals surface area contributed by atoms with Gasteiger partial charge in [0.2, 0.25) is 5.91 Å². The lowest BCUT2D eigenvalue weighted by molar-refractivity contribution is -0.136. The van der Waals surface area contributed by atoms with Crippen LogP contribution in [0.25, 0.3) is 0 Å². The molecule has 0 N–H and O–H groups in total. The van der Waals surface area contributed by atoms with Gasteiger partial charge in [-0.05, 0) is 30.9 Å². The maximum absolute atomic E-state index is 12.2. The van der Waals surface area contributed by atoms with Crippen LogP contribution in [0.3, 0.4) is 0 Å². The van der Waals surface area contributed by atoms with E-state index in [1.54, 1.807) is 7.11 Å². The van der Waals surface area contributed by atoms with E-state index in [4.69, 9.17) is 4.74 Å². The molecule has 0 radical (unpaired) electrons. The highest BCUT2D eigenvalue weighted by Gasteiger charge is 2.38. The Morgan fingerprint density at radius 1 is 1.20 bits per heavy atom. The Kier molecular flexibility index (Phi) is 3.77. The van der Waals surface area contributed by atoms with Crippen molar-refractivity contribution in [2.75, 3.05) is 13.7 Å². The zero-order valence-electron chi connectivity index (χ0n) is 11.9. The SMILES string of the molecule is COC1=CC[C@H](N2CCCCC2=O)[C@H]1c1ccccc1. The number of benzene rings is 1. The molecule has 2 atom stereocenters. The van der Waals surface area contributed by atoms with Crippen molar-refractivity contribution in [2.24, 2.45) is 0 Å². The molecule has 0 spiro atoms. The number of carbonyl (C=O) groups excluding carboxylic acids is 1. The van der Waals surface area contributed by atoms with Crippen LogP contribution in [0.2, 0.25) is 0 Å². The molecule has 2 aliphatic rings. The third-order valence-electron chi connectivity index (χ3n) is 4.41. The van der Waals surface area contributed by atoms with Gasteiger partial charge >= 0.3 is 0 Å². The van der Waals surface area contributed by atoms with Gasteiger partial charge in [0, 0.05) is 19.0 Å². The Hall–Kier alpha value is -1.77. The fourth-order valence-electron chi connectivity index (χ4n) is 3.43. The number of piperidine rings is 1. The van der Waals surface area contributed by atoms with Crippen molar-refractivity contribution in [3.05, 3.63) is 47.7 Å². The van der Waals surface area contributed by atoms with Crippen LogP contribution < -0.4 is 0 Å². The van der Waals surface area contributed by atoms with E-state index >= 15 is 0 Å². The Bertz CT molecular complexity index is 509. The molecule has 1 aromatic carbocycles. The van der Waals surface area contributed by atoms with Gasteiger partial charge in [-0.15, -0.1) is 0 Å². The summed E-state index contributed by atoms with van der Waals surface area (Å²) in [5, 5.41) is 0.